The van der Waals surface area contributed by atoms with Crippen molar-refractivity contribution in [3.05, 3.63) is 170 Å². The number of nitrogens with one attached hydrogen (secondary N) is 1. The first-order valence-electron chi connectivity index (χ1n) is 16.9. The Labute approximate surface area is 317 Å². The SMILES string of the molecule is C=C(C)C(=O)OCc1cccc(C)c1/C=c1\ccc2c(c1)Oc1cc(Cc3c(C)cccc3C)ccc1C=2c1ccccc1S(=O)(=O)NS(=O)(=O)C(F)(F)F. The van der Waals surface area contributed by atoms with Gasteiger partial charge in [0.25, 0.3) is 10.0 Å². The van der Waals surface area contributed by atoms with Crippen molar-refractivity contribution in [1.29, 1.82) is 0 Å². The van der Waals surface area contributed by atoms with E-state index < -0.39 is 36.4 Å². The van der Waals surface area contributed by atoms with Crippen molar-refractivity contribution in [2.75, 3.05) is 0 Å². The van der Waals surface area contributed by atoms with Crippen molar-refractivity contribution >= 4 is 37.7 Å². The smallest absolute Gasteiger partial charge is 0.457 e. The molecule has 1 N–H and O–H groups in total. The Bertz CT molecular complexity index is 2720. The van der Waals surface area contributed by atoms with E-state index in [2.05, 4.69) is 6.58 Å². The van der Waals surface area contributed by atoms with Gasteiger partial charge in [0, 0.05) is 27.5 Å². The number of hydrogen-bond donors (Lipinski definition) is 1. The number of carbonyl (C=O) groups is 1. The molecule has 1 aliphatic heterocycles. The lowest BCUT2D eigenvalue weighted by Crippen LogP contribution is -2.40. The van der Waals surface area contributed by atoms with Crippen LogP contribution < -0.4 is 19.3 Å². The van der Waals surface area contributed by atoms with Gasteiger partial charge in [0.2, 0.25) is 0 Å². The third-order valence-corrected chi connectivity index (χ3v) is 12.5. The molecule has 0 saturated carbocycles. The molecule has 5 aromatic rings. The van der Waals surface area contributed by atoms with Crippen molar-refractivity contribution in [2.45, 2.75) is 51.1 Å². The van der Waals surface area contributed by atoms with Gasteiger partial charge in [0.15, 0.2) is 0 Å². The molecule has 0 aliphatic carbocycles. The highest BCUT2D eigenvalue weighted by molar-refractivity contribution is 8.05. The molecule has 0 bridgehead atoms. The number of carbonyl (C=O) groups excluding carboxylic acids is 1. The lowest BCUT2D eigenvalue weighted by atomic mass is 9.90. The minimum atomic E-state index is -6.28. The third kappa shape index (κ3) is 8.14. The Morgan fingerprint density at radius 2 is 1.49 bits per heavy atom. The van der Waals surface area contributed by atoms with E-state index in [0.717, 1.165) is 49.1 Å². The summed E-state index contributed by atoms with van der Waals surface area (Å²) in [6.45, 7) is 11.1. The van der Waals surface area contributed by atoms with Gasteiger partial charge >= 0.3 is 21.5 Å². The fraction of sp³-hybridized carbons (Fsp3) is 0.167. The van der Waals surface area contributed by atoms with E-state index in [1.54, 1.807) is 31.2 Å². The number of benzene rings is 5. The van der Waals surface area contributed by atoms with E-state index in [-0.39, 0.29) is 17.7 Å². The lowest BCUT2D eigenvalue weighted by Gasteiger charge is -2.23. The zero-order valence-electron chi connectivity index (χ0n) is 30.2. The van der Waals surface area contributed by atoms with E-state index in [1.807, 2.05) is 75.4 Å². The molecule has 0 amide bonds. The van der Waals surface area contributed by atoms with Crippen LogP contribution in [0.1, 0.15) is 57.0 Å². The second kappa shape index (κ2) is 15.0. The fourth-order valence-corrected chi connectivity index (χ4v) is 9.03. The Morgan fingerprint density at radius 1 is 0.818 bits per heavy atom. The Morgan fingerprint density at radius 3 is 2.18 bits per heavy atom. The number of ether oxygens (including phenoxy) is 2. The molecule has 0 spiro atoms. The third-order valence-electron chi connectivity index (χ3n) is 9.24. The monoisotopic (exact) mass is 787 g/mol. The number of rotatable bonds is 10. The predicted octanol–water partition coefficient (Wildman–Crippen LogP) is 7.13. The molecule has 284 valence electrons. The zero-order chi connectivity index (χ0) is 39.9. The number of esters is 1. The summed E-state index contributed by atoms with van der Waals surface area (Å²) in [5, 5.41) is 1.09. The van der Waals surface area contributed by atoms with Crippen LogP contribution in [0, 0.1) is 20.8 Å². The van der Waals surface area contributed by atoms with Gasteiger partial charge < -0.3 is 9.47 Å². The number of hydrogen-bond acceptors (Lipinski definition) is 7. The fourth-order valence-electron chi connectivity index (χ4n) is 6.42. The number of fused-ring (bicyclic) bond motifs is 2. The normalized spacial score (nSPS) is 13.1. The molecule has 13 heteroatoms. The van der Waals surface area contributed by atoms with E-state index in [9.17, 15) is 34.8 Å². The van der Waals surface area contributed by atoms with Crippen molar-refractivity contribution in [1.82, 2.24) is 4.13 Å². The molecule has 1 aliphatic rings. The molecule has 0 unspecified atom stereocenters. The van der Waals surface area contributed by atoms with Gasteiger partial charge in [-0.1, -0.05) is 83.5 Å². The highest BCUT2D eigenvalue weighted by Crippen LogP contribution is 2.39. The Kier molecular flexibility index (Phi) is 10.7. The molecular formula is C42H36F3NO7S2. The average Bonchev–Trinajstić information content (AvgIpc) is 3.11. The lowest BCUT2D eigenvalue weighted by molar-refractivity contribution is -0.140. The highest BCUT2D eigenvalue weighted by atomic mass is 32.3. The van der Waals surface area contributed by atoms with Crippen LogP contribution in [0.2, 0.25) is 0 Å². The van der Waals surface area contributed by atoms with Crippen LogP contribution in [-0.4, -0.2) is 28.3 Å². The summed E-state index contributed by atoms with van der Waals surface area (Å²) in [5.74, 6) is 0.143. The van der Waals surface area contributed by atoms with Gasteiger partial charge in [-0.05, 0) is 109 Å². The molecule has 5 aromatic carbocycles. The van der Waals surface area contributed by atoms with Gasteiger partial charge in [-0.25, -0.2) is 21.6 Å². The first-order valence-corrected chi connectivity index (χ1v) is 19.9. The first-order chi connectivity index (χ1) is 25.9. The summed E-state index contributed by atoms with van der Waals surface area (Å²) in [6.07, 6.45) is 2.45. The maximum absolute atomic E-state index is 13.5. The quantitative estimate of drug-likeness (QED) is 0.116. The van der Waals surface area contributed by atoms with Crippen LogP contribution in [0.15, 0.2) is 114 Å². The largest absolute Gasteiger partial charge is 0.512 e. The Hall–Kier alpha value is -5.50. The molecule has 8 nitrogen and oxygen atoms in total. The predicted molar refractivity (Wildman–Crippen MR) is 204 cm³/mol. The molecule has 0 radical (unpaired) electrons. The zero-order valence-corrected chi connectivity index (χ0v) is 31.9. The number of alkyl halides is 3. The highest BCUT2D eigenvalue weighted by Gasteiger charge is 2.49. The molecule has 0 atom stereocenters. The first kappa shape index (κ1) is 39.2. The second-order valence-corrected chi connectivity index (χ2v) is 16.9. The van der Waals surface area contributed by atoms with Crippen molar-refractivity contribution in [2.24, 2.45) is 0 Å². The average molecular weight is 788 g/mol. The van der Waals surface area contributed by atoms with Crippen LogP contribution in [0.4, 0.5) is 13.2 Å². The summed E-state index contributed by atoms with van der Waals surface area (Å²) in [7, 11) is -11.6. The molecular weight excluding hydrogens is 752 g/mol. The molecule has 0 saturated heterocycles. The molecule has 6 rings (SSSR count). The molecule has 0 aromatic heterocycles. The van der Waals surface area contributed by atoms with Gasteiger partial charge in [-0.3, -0.25) is 0 Å². The summed E-state index contributed by atoms with van der Waals surface area (Å²) in [4.78, 5) is 11.5. The maximum atomic E-state index is 13.5. The summed E-state index contributed by atoms with van der Waals surface area (Å²) in [6, 6.07) is 27.5. The van der Waals surface area contributed by atoms with Crippen molar-refractivity contribution in [3.63, 3.8) is 0 Å². The van der Waals surface area contributed by atoms with Gasteiger partial charge in [-0.15, -0.1) is 0 Å². The van der Waals surface area contributed by atoms with E-state index >= 15 is 0 Å². The van der Waals surface area contributed by atoms with Crippen molar-refractivity contribution < 1.29 is 44.3 Å². The van der Waals surface area contributed by atoms with Gasteiger partial charge in [0.1, 0.15) is 18.1 Å². The minimum Gasteiger partial charge on any atom is -0.457 e. The molecule has 55 heavy (non-hydrogen) atoms. The number of sulfonamides is 2. The number of aryl methyl sites for hydroxylation is 3. The van der Waals surface area contributed by atoms with Crippen molar-refractivity contribution in [3.8, 4) is 11.5 Å². The minimum absolute atomic E-state index is 0.00155. The maximum Gasteiger partial charge on any atom is 0.512 e. The molecule has 1 heterocycles. The van der Waals surface area contributed by atoms with E-state index in [0.29, 0.717) is 39.5 Å². The topological polar surface area (TPSA) is 116 Å². The summed E-state index contributed by atoms with van der Waals surface area (Å²) in [5.41, 5.74) is 1.73. The van der Waals surface area contributed by atoms with Crippen LogP contribution in [0.5, 0.6) is 11.5 Å². The van der Waals surface area contributed by atoms with Gasteiger partial charge in [0.05, 0.1) is 4.90 Å². The van der Waals surface area contributed by atoms with Crippen LogP contribution in [0.3, 0.4) is 0 Å². The summed E-state index contributed by atoms with van der Waals surface area (Å²) < 4.78 is 104. The van der Waals surface area contributed by atoms with Crippen LogP contribution in [0.25, 0.3) is 11.6 Å². The standard InChI is InChI=1S/C42H36F3NO7S2/c1-25(2)41(47)52-24-31-13-9-12-28(5)36(31)21-30-17-19-33-38(23-30)53-37-22-29(20-35-26(3)10-8-11-27(35)4)16-18-32(37)40(33)34-14-6-7-15-39(34)54(48,49)46-55(50,51)42(43,44)45/h6-19,21-23,46H,1,20,24H2,2-5H3/b30-21+. The van der Waals surface area contributed by atoms with Crippen LogP contribution >= 0.6 is 0 Å². The Balaban J connectivity index is 1.56. The number of halogens is 3. The van der Waals surface area contributed by atoms with E-state index in [4.69, 9.17) is 9.47 Å². The molecule has 0 fully saturated rings. The van der Waals surface area contributed by atoms with E-state index in [1.165, 1.54) is 18.2 Å². The second-order valence-electron chi connectivity index (χ2n) is 13.3. The summed E-state index contributed by atoms with van der Waals surface area (Å²) >= 11 is 0. The van der Waals surface area contributed by atoms with Crippen LogP contribution in [-0.2, 0) is 42.6 Å². The van der Waals surface area contributed by atoms with Gasteiger partial charge in [-0.2, -0.15) is 13.2 Å².